The van der Waals surface area contributed by atoms with Crippen molar-refractivity contribution in [1.82, 2.24) is 0 Å². The molecule has 0 saturated heterocycles. The molecule has 0 amide bonds. The van der Waals surface area contributed by atoms with Gasteiger partial charge in [-0.25, -0.2) is 4.39 Å². The standard InChI is InChI=1S/C29H23FSi/c30-29-21-24-13-11-10-12-23(24)20-25(29)22-31(26-14-4-1-5-15-26,27-16-6-2-7-17-27)28-18-8-3-9-19-28/h1-21H,22H2. The molecule has 0 atom stereocenters. The zero-order valence-corrected chi connectivity index (χ0v) is 18.2. The predicted molar refractivity (Wildman–Crippen MR) is 132 cm³/mol. The lowest BCUT2D eigenvalue weighted by Crippen LogP contribution is -2.69. The Morgan fingerprint density at radius 3 is 1.32 bits per heavy atom. The first-order valence-electron chi connectivity index (χ1n) is 10.6. The van der Waals surface area contributed by atoms with Crippen LogP contribution in [0.4, 0.5) is 4.39 Å². The summed E-state index contributed by atoms with van der Waals surface area (Å²) in [4.78, 5) is 0. The maximum absolute atomic E-state index is 15.4. The van der Waals surface area contributed by atoms with Gasteiger partial charge in [0.05, 0.1) is 0 Å². The van der Waals surface area contributed by atoms with E-state index < -0.39 is 8.07 Å². The van der Waals surface area contributed by atoms with Crippen LogP contribution in [0.2, 0.25) is 0 Å². The molecule has 150 valence electrons. The third-order valence-electron chi connectivity index (χ3n) is 6.17. The van der Waals surface area contributed by atoms with Crippen molar-refractivity contribution in [2.45, 2.75) is 6.04 Å². The van der Waals surface area contributed by atoms with E-state index in [0.717, 1.165) is 16.3 Å². The van der Waals surface area contributed by atoms with Crippen molar-refractivity contribution < 1.29 is 4.39 Å². The van der Waals surface area contributed by atoms with Gasteiger partial charge in [-0.3, -0.25) is 0 Å². The summed E-state index contributed by atoms with van der Waals surface area (Å²) >= 11 is 0. The third-order valence-corrected chi connectivity index (χ3v) is 11.0. The smallest absolute Gasteiger partial charge is 0.152 e. The summed E-state index contributed by atoms with van der Waals surface area (Å²) in [7, 11) is -2.52. The van der Waals surface area contributed by atoms with Gasteiger partial charge in [-0.05, 0) is 50.1 Å². The summed E-state index contributed by atoms with van der Waals surface area (Å²) in [5, 5.41) is 5.89. The predicted octanol–water partition coefficient (Wildman–Crippen LogP) is 5.23. The van der Waals surface area contributed by atoms with Crippen LogP contribution in [0.5, 0.6) is 0 Å². The molecule has 5 rings (SSSR count). The van der Waals surface area contributed by atoms with Crippen LogP contribution in [0.15, 0.2) is 127 Å². The maximum Gasteiger partial charge on any atom is 0.152 e. The SMILES string of the molecule is Fc1cc2ccccc2cc1C[Si](c1ccccc1)(c1ccccc1)c1ccccc1. The number of rotatable bonds is 5. The molecule has 5 aromatic rings. The summed E-state index contributed by atoms with van der Waals surface area (Å²) in [5.74, 6) is -0.127. The van der Waals surface area contributed by atoms with Crippen LogP contribution < -0.4 is 15.6 Å². The van der Waals surface area contributed by atoms with Crippen molar-refractivity contribution in [2.24, 2.45) is 0 Å². The largest absolute Gasteiger partial charge is 0.207 e. The minimum Gasteiger partial charge on any atom is -0.207 e. The van der Waals surface area contributed by atoms with Gasteiger partial charge in [0.15, 0.2) is 8.07 Å². The van der Waals surface area contributed by atoms with E-state index in [4.69, 9.17) is 0 Å². The highest BCUT2D eigenvalue weighted by Crippen LogP contribution is 2.23. The van der Waals surface area contributed by atoms with Crippen LogP contribution in [-0.4, -0.2) is 8.07 Å². The van der Waals surface area contributed by atoms with Gasteiger partial charge in [0, 0.05) is 0 Å². The normalized spacial score (nSPS) is 11.5. The number of fused-ring (bicyclic) bond motifs is 1. The third kappa shape index (κ3) is 3.60. The fourth-order valence-electron chi connectivity index (χ4n) is 4.66. The first-order valence-corrected chi connectivity index (χ1v) is 12.8. The summed E-state index contributed by atoms with van der Waals surface area (Å²) in [5.41, 5.74) is 0.780. The first kappa shape index (κ1) is 19.5. The van der Waals surface area contributed by atoms with E-state index in [1.807, 2.05) is 24.3 Å². The Hall–Kier alpha value is -3.49. The Kier molecular flexibility index (Phi) is 5.23. The molecule has 0 aromatic heterocycles. The Morgan fingerprint density at radius 1 is 0.484 bits per heavy atom. The molecule has 0 spiro atoms. The van der Waals surface area contributed by atoms with Gasteiger partial charge in [0.25, 0.3) is 0 Å². The molecule has 0 unspecified atom stereocenters. The molecule has 0 N–H and O–H groups in total. The van der Waals surface area contributed by atoms with E-state index >= 15 is 4.39 Å². The molecule has 0 radical (unpaired) electrons. The average molecular weight is 419 g/mol. The van der Waals surface area contributed by atoms with E-state index in [1.165, 1.54) is 15.6 Å². The summed E-state index contributed by atoms with van der Waals surface area (Å²) in [6.45, 7) is 0. The zero-order valence-electron chi connectivity index (χ0n) is 17.2. The summed E-state index contributed by atoms with van der Waals surface area (Å²) in [6.07, 6.45) is 0. The van der Waals surface area contributed by atoms with Gasteiger partial charge in [0.1, 0.15) is 5.82 Å². The van der Waals surface area contributed by atoms with Crippen molar-refractivity contribution >= 4 is 34.4 Å². The van der Waals surface area contributed by atoms with E-state index in [0.29, 0.717) is 6.04 Å². The fraction of sp³-hybridized carbons (Fsp3) is 0.0345. The van der Waals surface area contributed by atoms with Crippen molar-refractivity contribution in [1.29, 1.82) is 0 Å². The highest BCUT2D eigenvalue weighted by atomic mass is 28.3. The van der Waals surface area contributed by atoms with Crippen LogP contribution >= 0.6 is 0 Å². The molecule has 0 nitrogen and oxygen atoms in total. The lowest BCUT2D eigenvalue weighted by molar-refractivity contribution is 0.618. The number of hydrogen-bond acceptors (Lipinski definition) is 0. The topological polar surface area (TPSA) is 0 Å². The second-order valence-corrected chi connectivity index (χ2v) is 11.9. The zero-order chi connectivity index (χ0) is 21.1. The van der Waals surface area contributed by atoms with Crippen LogP contribution in [-0.2, 0) is 6.04 Å². The second-order valence-electron chi connectivity index (χ2n) is 7.97. The lowest BCUT2D eigenvalue weighted by atomic mass is 10.1. The van der Waals surface area contributed by atoms with Gasteiger partial charge < -0.3 is 0 Å². The molecule has 0 aliphatic heterocycles. The molecule has 0 saturated carbocycles. The van der Waals surface area contributed by atoms with Crippen LogP contribution in [0.1, 0.15) is 5.56 Å². The number of hydrogen-bond donors (Lipinski definition) is 0. The maximum atomic E-state index is 15.4. The van der Waals surface area contributed by atoms with Crippen LogP contribution in [0.25, 0.3) is 10.8 Å². The molecule has 0 aliphatic rings. The molecule has 5 aromatic carbocycles. The Bertz CT molecular complexity index is 1200. The highest BCUT2D eigenvalue weighted by molar-refractivity contribution is 7.11. The molecular weight excluding hydrogens is 395 g/mol. The van der Waals surface area contributed by atoms with Crippen molar-refractivity contribution in [3.8, 4) is 0 Å². The van der Waals surface area contributed by atoms with Gasteiger partial charge in [-0.2, -0.15) is 0 Å². The quantitative estimate of drug-likeness (QED) is 0.271. The lowest BCUT2D eigenvalue weighted by Gasteiger charge is -2.34. The Labute approximate surface area is 183 Å². The van der Waals surface area contributed by atoms with Crippen molar-refractivity contribution in [2.75, 3.05) is 0 Å². The second kappa shape index (κ2) is 8.33. The van der Waals surface area contributed by atoms with Crippen LogP contribution in [0.3, 0.4) is 0 Å². The number of benzene rings is 5. The van der Waals surface area contributed by atoms with Gasteiger partial charge in [0.2, 0.25) is 0 Å². The van der Waals surface area contributed by atoms with E-state index in [2.05, 4.69) is 97.1 Å². The monoisotopic (exact) mass is 418 g/mol. The molecule has 31 heavy (non-hydrogen) atoms. The van der Waals surface area contributed by atoms with Gasteiger partial charge >= 0.3 is 0 Å². The molecule has 0 aliphatic carbocycles. The summed E-state index contributed by atoms with van der Waals surface area (Å²) < 4.78 is 15.4. The molecule has 0 fully saturated rings. The van der Waals surface area contributed by atoms with Gasteiger partial charge in [-0.1, -0.05) is 115 Å². The fourth-order valence-corrected chi connectivity index (χ4v) is 9.39. The molecular formula is C29H23FSi. The van der Waals surface area contributed by atoms with Crippen molar-refractivity contribution in [3.05, 3.63) is 139 Å². The number of halogens is 1. The van der Waals surface area contributed by atoms with Crippen molar-refractivity contribution in [3.63, 3.8) is 0 Å². The molecule has 0 bridgehead atoms. The Balaban J connectivity index is 1.79. The van der Waals surface area contributed by atoms with Crippen LogP contribution in [0, 0.1) is 5.82 Å². The minimum absolute atomic E-state index is 0.127. The average Bonchev–Trinajstić information content (AvgIpc) is 2.84. The molecule has 0 heterocycles. The molecule has 2 heteroatoms. The van der Waals surface area contributed by atoms with Gasteiger partial charge in [-0.15, -0.1) is 0 Å². The minimum atomic E-state index is -2.52. The highest BCUT2D eigenvalue weighted by Gasteiger charge is 2.40. The van der Waals surface area contributed by atoms with E-state index in [9.17, 15) is 0 Å². The summed E-state index contributed by atoms with van der Waals surface area (Å²) in [6, 6.07) is 44.4. The first-order chi connectivity index (χ1) is 15.3. The van der Waals surface area contributed by atoms with E-state index in [1.54, 1.807) is 6.07 Å². The van der Waals surface area contributed by atoms with E-state index in [-0.39, 0.29) is 5.82 Å². The Morgan fingerprint density at radius 2 is 0.871 bits per heavy atom.